The second kappa shape index (κ2) is 35.3. The number of cyclic esters (lactones) is 2. The molecule has 0 unspecified atom stereocenters. The average Bonchev–Trinajstić information content (AvgIpc) is 1.59. The largest absolute Gasteiger partial charge is 0.458 e. The van der Waals surface area contributed by atoms with Crippen LogP contribution in [0.25, 0.3) is 0 Å². The third-order valence-electron chi connectivity index (χ3n) is 27.3. The van der Waals surface area contributed by atoms with Crippen LogP contribution in [-0.2, 0) is 32.3 Å². The van der Waals surface area contributed by atoms with Gasteiger partial charge in [-0.2, -0.15) is 0 Å². The van der Waals surface area contributed by atoms with E-state index in [1.807, 2.05) is 49.4 Å². The van der Waals surface area contributed by atoms with Crippen molar-refractivity contribution in [3.05, 3.63) is 155 Å². The van der Waals surface area contributed by atoms with Crippen LogP contribution >= 0.6 is 15.9 Å². The van der Waals surface area contributed by atoms with Gasteiger partial charge in [0.05, 0.1) is 36.3 Å². The molecule has 2 saturated heterocycles. The molecule has 7 fully saturated rings. The van der Waals surface area contributed by atoms with E-state index in [1.54, 1.807) is 5.57 Å². The lowest BCUT2D eigenvalue weighted by atomic mass is 9.60. The molecule has 7 aliphatic rings. The molecule has 0 bridgehead atoms. The Kier molecular flexibility index (Phi) is 30.1. The van der Waals surface area contributed by atoms with Gasteiger partial charge in [0.25, 0.3) is 0 Å². The number of rotatable bonds is 22. The molecule has 0 amide bonds. The molecule has 2 aromatic carbocycles. The number of carbonyl (C=O) groups is 2. The molecule has 9 rings (SSSR count). The Morgan fingerprint density at radius 1 is 0.676 bits per heavy atom. The Bertz CT molecular complexity index is 3330. The zero-order valence-electron chi connectivity index (χ0n) is 66.8. The summed E-state index contributed by atoms with van der Waals surface area (Å²) in [6, 6.07) is 20.5. The summed E-state index contributed by atoms with van der Waals surface area (Å²) in [6.07, 6.45) is 27.8. The van der Waals surface area contributed by atoms with E-state index >= 15 is 0 Å². The maximum absolute atomic E-state index is 12.5. The van der Waals surface area contributed by atoms with E-state index < -0.39 is 37.2 Å². The van der Waals surface area contributed by atoms with E-state index in [-0.39, 0.29) is 85.3 Å². The molecule has 2 heterocycles. The number of hydrogen-bond donors (Lipinski definition) is 2. The number of halogens is 2. The molecular weight excluding hydrogens is 1380 g/mol. The van der Waals surface area contributed by atoms with Crippen LogP contribution in [0, 0.1) is 70.5 Å². The number of terminal acetylenes is 1. The molecule has 0 radical (unpaired) electrons. The summed E-state index contributed by atoms with van der Waals surface area (Å²) in [5, 5.41) is 21.3. The minimum Gasteiger partial charge on any atom is -0.458 e. The number of allylic oxidation sites excluding steroid dienone is 4. The van der Waals surface area contributed by atoms with Gasteiger partial charge in [-0.25, -0.2) is 9.59 Å². The topological polar surface area (TPSA) is 121 Å². The fourth-order valence-electron chi connectivity index (χ4n) is 18.1. The van der Waals surface area contributed by atoms with E-state index in [4.69, 9.17) is 29.2 Å². The second-order valence-electron chi connectivity index (χ2n) is 36.9. The van der Waals surface area contributed by atoms with Crippen molar-refractivity contribution < 1.29 is 47.3 Å². The van der Waals surface area contributed by atoms with Gasteiger partial charge in [0, 0.05) is 36.0 Å². The van der Waals surface area contributed by atoms with Crippen LogP contribution in [0.2, 0.25) is 54.4 Å². The van der Waals surface area contributed by atoms with E-state index in [1.165, 1.54) is 63.4 Å². The molecule has 5 aliphatic carbocycles. The smallest absolute Gasteiger partial charge is 0.334 e. The predicted octanol–water partition coefficient (Wildman–Crippen LogP) is 23.0. The number of hydrogen-bond acceptors (Lipinski definition) is 9. The van der Waals surface area contributed by atoms with Crippen LogP contribution in [0.3, 0.4) is 0 Å². The Balaban J connectivity index is 0.000000242. The van der Waals surface area contributed by atoms with Crippen molar-refractivity contribution in [2.75, 3.05) is 6.61 Å². The number of aliphatic hydroxyl groups excluding tert-OH is 2. The maximum Gasteiger partial charge on any atom is 0.334 e. The van der Waals surface area contributed by atoms with Crippen LogP contribution < -0.4 is 0 Å². The van der Waals surface area contributed by atoms with Gasteiger partial charge in [-0.3, -0.25) is 4.70 Å². The van der Waals surface area contributed by atoms with E-state index in [2.05, 4.69) is 219 Å². The van der Waals surface area contributed by atoms with E-state index in [0.29, 0.717) is 64.9 Å². The second-order valence-corrected chi connectivity index (χ2v) is 51.6. The van der Waals surface area contributed by atoms with Crippen LogP contribution in [0.4, 0.5) is 4.70 Å². The molecule has 0 spiro atoms. The first-order chi connectivity index (χ1) is 47.0. The quantitative estimate of drug-likeness (QED) is 0.0296. The fraction of sp³-hybridized carbons (Fsp3) is 0.659. The number of aliphatic hydroxyl groups is 2. The number of fused-ring (bicyclic) bond motifs is 2. The SMILES string of the molecule is C#CC[C@@H](O[Si](C)(C)C(C)(C)C)[C@H](CCCO[Si](C)(C)C(C)(C)C)[C@@H](C=C)O[Si](C)(C)C(C)(C)C.C=C1/C(=C\C=C2/CCC[C@]3(C)[C@@H]([C@H](C)C[C@@H]4OC(=O)C(=C)[C@@H]4c4ccccc4)CC[C@@H]23)C[C@@H](O)[C@H](C)[C@@H]1O.C=C1C(=O)O[C@@H](C[C@@H](C)[C@H]2CC[C@H]3/C(=C/Br)CCC[C@]23C)[C@H]1c1ccccc1.F. The van der Waals surface area contributed by atoms with Crippen LogP contribution in [0.5, 0.6) is 0 Å². The summed E-state index contributed by atoms with van der Waals surface area (Å²) in [4.78, 5) is 27.0. The number of carbonyl (C=O) groups excluding carboxylic acids is 2. The lowest BCUT2D eigenvalue weighted by Crippen LogP contribution is -2.50. The third-order valence-corrected chi connectivity index (χ3v) is 41.4. The summed E-state index contributed by atoms with van der Waals surface area (Å²) in [5.41, 5.74) is 8.87. The van der Waals surface area contributed by atoms with Crippen LogP contribution in [0.1, 0.15) is 223 Å². The third kappa shape index (κ3) is 19.8. The summed E-state index contributed by atoms with van der Waals surface area (Å²) in [7, 11) is -5.81. The monoisotopic (exact) mass is 1520 g/mol. The minimum absolute atomic E-state index is 0. The van der Waals surface area contributed by atoms with Gasteiger partial charge < -0.3 is 33.0 Å². The summed E-state index contributed by atoms with van der Waals surface area (Å²) in [5.74, 6) is 5.80. The normalized spacial score (nSPS) is 31.3. The average molecular weight is 1520 g/mol. The van der Waals surface area contributed by atoms with Crippen molar-refractivity contribution in [1.82, 2.24) is 0 Å². The number of esters is 2. The van der Waals surface area contributed by atoms with Gasteiger partial charge >= 0.3 is 11.9 Å². The molecule has 0 aromatic heterocycles. The number of benzene rings is 2. The van der Waals surface area contributed by atoms with E-state index in [9.17, 15) is 19.8 Å². The molecule has 9 nitrogen and oxygen atoms in total. The van der Waals surface area contributed by atoms with Gasteiger partial charge in [0.2, 0.25) is 0 Å². The molecule has 5 saturated carbocycles. The molecular formula is C88H136BrFO9Si3. The molecule has 14 heteroatoms. The lowest BCUT2D eigenvalue weighted by Gasteiger charge is -2.45. The van der Waals surface area contributed by atoms with Crippen molar-refractivity contribution in [3.8, 4) is 12.3 Å². The van der Waals surface area contributed by atoms with Crippen molar-refractivity contribution in [2.24, 2.45) is 58.2 Å². The van der Waals surface area contributed by atoms with Crippen LogP contribution in [-0.4, -0.2) is 90.3 Å². The van der Waals surface area contributed by atoms with E-state index in [0.717, 1.165) is 61.0 Å². The molecule has 2 aromatic rings. The van der Waals surface area contributed by atoms with Crippen molar-refractivity contribution in [1.29, 1.82) is 0 Å². The molecule has 18 atom stereocenters. The molecule has 2 N–H and O–H groups in total. The lowest BCUT2D eigenvalue weighted by molar-refractivity contribution is -0.140. The first-order valence-electron chi connectivity index (χ1n) is 38.7. The van der Waals surface area contributed by atoms with Crippen molar-refractivity contribution in [3.63, 3.8) is 0 Å². The number of ether oxygens (including phenoxy) is 2. The zero-order chi connectivity index (χ0) is 75.2. The Morgan fingerprint density at radius 2 is 1.12 bits per heavy atom. The summed E-state index contributed by atoms with van der Waals surface area (Å²) in [6.45, 7) is 63.3. The molecule has 568 valence electrons. The Hall–Kier alpha value is -4.02. The van der Waals surface area contributed by atoms with Crippen LogP contribution in [0.15, 0.2) is 144 Å². The van der Waals surface area contributed by atoms with Gasteiger partial charge in [-0.15, -0.1) is 18.9 Å². The standard InChI is InChI=1S/C34H44O4.C29H60O3Si3.C25H31BrO2.FH/c1-20(18-30-31(23(4)33(37)38-30)25-10-7-6-8-11-25)27-15-16-28-24(12-9-17-34(27,28)5)13-14-26-19-29(35)22(3)32(36)21(26)2;1-18-21-26(32-35(16,17)29(9,10)11)24(22-20-23-30-33(12,13)27(3,4)5)25(19-2)31-34(14,15)28(6,7)8;1-16(20-11-12-21-19(15-26)10-7-13-25(20,21)3)14-22-23(17(2)24(27)28-22)18-8-5-4-6-9-18;/h6-8,10-11,13-14,20,22,27-32,35-36H,2,4,9,12,15-19H2,1,3,5H3;1,19,24-26H,2,20-23H2,3-17H3;4-6,8-9,15-16,20-23H,2,7,10-14H2,1,3H3;1H/b24-13+,26-14-;;19-15+;/t20-,22+,27-,28+,29-,30+,31-,32-,34-;24-,25-,26-;16-,20-,21+,22+,23-,25-;/m111./s1. The Labute approximate surface area is 630 Å². The van der Waals surface area contributed by atoms with Gasteiger partial charge in [0.1, 0.15) is 12.2 Å². The zero-order valence-corrected chi connectivity index (χ0v) is 71.4. The highest BCUT2D eigenvalue weighted by atomic mass is 79.9. The highest BCUT2D eigenvalue weighted by Crippen LogP contribution is 2.62. The summed E-state index contributed by atoms with van der Waals surface area (Å²) >= 11 is 3.62. The van der Waals surface area contributed by atoms with Gasteiger partial charge in [-0.05, 0) is 224 Å². The fourth-order valence-corrected chi connectivity index (χ4v) is 22.4. The first kappa shape index (κ1) is 86.9. The first-order valence-corrected chi connectivity index (χ1v) is 48.3. The Morgan fingerprint density at radius 3 is 1.55 bits per heavy atom. The van der Waals surface area contributed by atoms with Crippen molar-refractivity contribution >= 4 is 52.8 Å². The minimum atomic E-state index is -2.02. The van der Waals surface area contributed by atoms with Gasteiger partial charge in [0.15, 0.2) is 25.0 Å². The predicted molar refractivity (Wildman–Crippen MR) is 435 cm³/mol. The molecule has 102 heavy (non-hydrogen) atoms. The van der Waals surface area contributed by atoms with Crippen molar-refractivity contribution in [2.45, 2.75) is 303 Å². The molecule has 2 aliphatic heterocycles. The summed E-state index contributed by atoms with van der Waals surface area (Å²) < 4.78 is 32.2. The highest BCUT2D eigenvalue weighted by molar-refractivity contribution is 9.11. The highest BCUT2D eigenvalue weighted by Gasteiger charge is 2.55. The maximum atomic E-state index is 12.5. The van der Waals surface area contributed by atoms with Gasteiger partial charge in [-0.1, -0.05) is 223 Å².